The van der Waals surface area contributed by atoms with Gasteiger partial charge in [0.1, 0.15) is 11.6 Å². The molecule has 11 nitrogen and oxygen atoms in total. The summed E-state index contributed by atoms with van der Waals surface area (Å²) >= 11 is 0. The lowest BCUT2D eigenvalue weighted by atomic mass is 10.0. The Kier molecular flexibility index (Phi) is 6.58. The largest absolute Gasteiger partial charge is 0.453 e. The smallest absolute Gasteiger partial charge is 0.337 e. The van der Waals surface area contributed by atoms with Crippen LogP contribution in [0.5, 0.6) is 0 Å². The fraction of sp³-hybridized carbons (Fsp3) is 0.348. The molecule has 1 saturated heterocycles. The number of aromatic nitrogens is 5. The van der Waals surface area contributed by atoms with Crippen molar-refractivity contribution in [1.29, 1.82) is 5.26 Å². The minimum absolute atomic E-state index is 0.0443. The van der Waals surface area contributed by atoms with Crippen LogP contribution in [0.1, 0.15) is 35.2 Å². The van der Waals surface area contributed by atoms with E-state index in [9.17, 15) is 26.7 Å². The summed E-state index contributed by atoms with van der Waals surface area (Å²) in [6, 6.07) is 4.77. The molecular weight excluding hydrogens is 527 g/mol. The van der Waals surface area contributed by atoms with Crippen LogP contribution >= 0.6 is 0 Å². The van der Waals surface area contributed by atoms with E-state index in [4.69, 9.17) is 5.26 Å². The zero-order valence-electron chi connectivity index (χ0n) is 20.3. The fourth-order valence-electron chi connectivity index (χ4n) is 4.35. The van der Waals surface area contributed by atoms with Crippen molar-refractivity contribution in [2.24, 2.45) is 5.10 Å². The summed E-state index contributed by atoms with van der Waals surface area (Å²) in [6.07, 6.45) is -2.08. The van der Waals surface area contributed by atoms with Gasteiger partial charge in [-0.25, -0.2) is 28.6 Å². The van der Waals surface area contributed by atoms with Gasteiger partial charge in [0.25, 0.3) is 5.82 Å². The Morgan fingerprint density at radius 3 is 2.51 bits per heavy atom. The Morgan fingerprint density at radius 2 is 1.85 bits per heavy atom. The molecule has 1 unspecified atom stereocenters. The highest BCUT2D eigenvalue weighted by molar-refractivity contribution is 5.78. The van der Waals surface area contributed by atoms with Crippen LogP contribution in [0.3, 0.4) is 0 Å². The van der Waals surface area contributed by atoms with Gasteiger partial charge < -0.3 is 9.80 Å². The van der Waals surface area contributed by atoms with Gasteiger partial charge in [-0.1, -0.05) is 0 Å². The van der Waals surface area contributed by atoms with E-state index in [1.54, 1.807) is 11.1 Å². The lowest BCUT2D eigenvalue weighted by Crippen LogP contribution is -2.52. The summed E-state index contributed by atoms with van der Waals surface area (Å²) in [5, 5.41) is 17.9. The van der Waals surface area contributed by atoms with Crippen molar-refractivity contribution in [3.8, 4) is 11.9 Å². The lowest BCUT2D eigenvalue weighted by Gasteiger charge is -2.37. The third-order valence-electron chi connectivity index (χ3n) is 6.23. The average molecular weight is 546 g/mol. The molecule has 1 fully saturated rings. The lowest BCUT2D eigenvalue weighted by molar-refractivity contribution is -0.144. The molecule has 3 aromatic rings. The highest BCUT2D eigenvalue weighted by Gasteiger charge is 2.37. The molecule has 39 heavy (non-hydrogen) atoms. The van der Waals surface area contributed by atoms with Gasteiger partial charge in [-0.15, -0.1) is 5.10 Å². The Balaban J connectivity index is 1.29. The molecule has 202 valence electrons. The molecule has 2 aliphatic rings. The van der Waals surface area contributed by atoms with Gasteiger partial charge in [-0.3, -0.25) is 0 Å². The van der Waals surface area contributed by atoms with Gasteiger partial charge in [0, 0.05) is 38.8 Å². The second-order valence-electron chi connectivity index (χ2n) is 8.77. The second-order valence-corrected chi connectivity index (χ2v) is 8.77. The molecule has 2 amide bonds. The number of hydrogen-bond acceptors (Lipinski definition) is 8. The SMILES string of the molecule is Cc1nc(C(F)(F)F)nn1-c1nc(N2CCN(C(=O)N3N=CCC3c3cc(F)cc(C#N)c3)CC2)ncc1F. The van der Waals surface area contributed by atoms with Crippen molar-refractivity contribution in [2.75, 3.05) is 31.1 Å². The van der Waals surface area contributed by atoms with Crippen molar-refractivity contribution in [2.45, 2.75) is 25.6 Å². The van der Waals surface area contributed by atoms with Gasteiger partial charge in [0.05, 0.1) is 23.9 Å². The molecule has 0 bridgehead atoms. The zero-order valence-corrected chi connectivity index (χ0v) is 20.3. The molecule has 1 atom stereocenters. The van der Waals surface area contributed by atoms with Crippen LogP contribution in [0, 0.1) is 29.9 Å². The van der Waals surface area contributed by atoms with Crippen molar-refractivity contribution in [1.82, 2.24) is 34.6 Å². The minimum Gasteiger partial charge on any atom is -0.337 e. The molecule has 0 aliphatic carbocycles. The van der Waals surface area contributed by atoms with Crippen LogP contribution in [0.15, 0.2) is 29.5 Å². The van der Waals surface area contributed by atoms with Gasteiger partial charge in [0.15, 0.2) is 11.6 Å². The third kappa shape index (κ3) is 5.07. The number of piperazine rings is 1. The molecule has 2 aliphatic heterocycles. The van der Waals surface area contributed by atoms with Crippen molar-refractivity contribution in [3.05, 3.63) is 58.8 Å². The van der Waals surface area contributed by atoms with Crippen LogP contribution in [-0.2, 0) is 6.18 Å². The topological polar surface area (TPSA) is 119 Å². The van der Waals surface area contributed by atoms with Crippen LogP contribution in [0.25, 0.3) is 5.82 Å². The first-order chi connectivity index (χ1) is 18.5. The van der Waals surface area contributed by atoms with Crippen LogP contribution in [0.4, 0.5) is 32.7 Å². The first kappa shape index (κ1) is 25.9. The van der Waals surface area contributed by atoms with Gasteiger partial charge in [0.2, 0.25) is 5.95 Å². The van der Waals surface area contributed by atoms with E-state index >= 15 is 0 Å². The number of rotatable bonds is 3. The highest BCUT2D eigenvalue weighted by Crippen LogP contribution is 2.31. The molecule has 0 saturated carbocycles. The number of nitrogens with zero attached hydrogens (tertiary/aromatic N) is 10. The van der Waals surface area contributed by atoms with Crippen molar-refractivity contribution >= 4 is 18.2 Å². The van der Waals surface area contributed by atoms with Crippen LogP contribution in [-0.4, -0.2) is 73.1 Å². The molecular formula is C23H19F5N10O. The summed E-state index contributed by atoms with van der Waals surface area (Å²) in [5.41, 5.74) is 0.577. The van der Waals surface area contributed by atoms with E-state index in [0.717, 1.165) is 12.3 Å². The molecule has 1 aromatic carbocycles. The van der Waals surface area contributed by atoms with E-state index in [1.165, 1.54) is 29.0 Å². The van der Waals surface area contributed by atoms with E-state index in [-0.39, 0.29) is 43.5 Å². The summed E-state index contributed by atoms with van der Waals surface area (Å²) < 4.78 is 68.1. The maximum atomic E-state index is 14.5. The first-order valence-electron chi connectivity index (χ1n) is 11.6. The number of carbonyl (C=O) groups excluding carboxylic acids is 1. The fourth-order valence-corrected chi connectivity index (χ4v) is 4.35. The monoisotopic (exact) mass is 546 g/mol. The zero-order chi connectivity index (χ0) is 27.9. The molecule has 0 spiro atoms. The number of nitriles is 1. The number of anilines is 1. The molecule has 4 heterocycles. The maximum absolute atomic E-state index is 14.5. The van der Waals surface area contributed by atoms with Crippen molar-refractivity contribution < 1.29 is 26.7 Å². The predicted molar refractivity (Wildman–Crippen MR) is 125 cm³/mol. The molecule has 5 rings (SSSR count). The molecule has 16 heteroatoms. The second kappa shape index (κ2) is 9.89. The average Bonchev–Trinajstić information content (AvgIpc) is 3.55. The number of benzene rings is 1. The Morgan fingerprint density at radius 1 is 1.10 bits per heavy atom. The highest BCUT2D eigenvalue weighted by atomic mass is 19.4. The number of halogens is 5. The van der Waals surface area contributed by atoms with Gasteiger partial charge in [-0.05, 0) is 30.7 Å². The van der Waals surface area contributed by atoms with Gasteiger partial charge >= 0.3 is 12.2 Å². The number of aryl methyl sites for hydroxylation is 1. The Labute approximate surface area is 217 Å². The third-order valence-corrected chi connectivity index (χ3v) is 6.23. The summed E-state index contributed by atoms with van der Waals surface area (Å²) in [5.74, 6) is -3.64. The van der Waals surface area contributed by atoms with Gasteiger partial charge in [-0.2, -0.15) is 33.2 Å². The molecule has 0 radical (unpaired) electrons. The summed E-state index contributed by atoms with van der Waals surface area (Å²) in [4.78, 5) is 27.8. The minimum atomic E-state index is -4.81. The quantitative estimate of drug-likeness (QED) is 0.463. The number of carbonyl (C=O) groups is 1. The van der Waals surface area contributed by atoms with Crippen LogP contribution in [0.2, 0.25) is 0 Å². The maximum Gasteiger partial charge on any atom is 0.453 e. The van der Waals surface area contributed by atoms with Crippen molar-refractivity contribution in [3.63, 3.8) is 0 Å². The van der Waals surface area contributed by atoms with Crippen LogP contribution < -0.4 is 4.90 Å². The molecule has 2 aromatic heterocycles. The summed E-state index contributed by atoms with van der Waals surface area (Å²) in [7, 11) is 0. The normalized spacial score (nSPS) is 17.6. The number of hydrogen-bond donors (Lipinski definition) is 0. The number of hydrazone groups is 1. The molecule has 0 N–H and O–H groups in total. The number of alkyl halides is 3. The number of urea groups is 1. The summed E-state index contributed by atoms with van der Waals surface area (Å²) in [6.45, 7) is 2.14. The number of amides is 2. The van der Waals surface area contributed by atoms with E-state index < -0.39 is 41.5 Å². The standard InChI is InChI=1S/C23H19F5N10O/c1-13-32-20(23(26,27)28)34-37(13)19-17(25)12-30-21(33-19)35-4-6-36(7-5-35)22(39)38-18(2-3-31-38)15-8-14(11-29)9-16(24)10-15/h3,8-10,12,18H,2,4-7H2,1H3. The Hall–Kier alpha value is -4.68. The van der Waals surface area contributed by atoms with E-state index in [2.05, 4.69) is 25.2 Å². The Bertz CT molecular complexity index is 1490. The predicted octanol–water partition coefficient (Wildman–Crippen LogP) is 3.21. The first-order valence-corrected chi connectivity index (χ1v) is 11.6. The van der Waals surface area contributed by atoms with E-state index in [1.807, 2.05) is 6.07 Å². The van der Waals surface area contributed by atoms with E-state index in [0.29, 0.717) is 16.7 Å².